The number of rotatable bonds is 6. The molecule has 10 aromatic rings. The van der Waals surface area contributed by atoms with Crippen LogP contribution in [-0.4, -0.2) is 9.97 Å². The molecule has 0 amide bonds. The van der Waals surface area contributed by atoms with Crippen LogP contribution in [-0.2, 0) is 0 Å². The molecule has 9 aromatic carbocycles. The van der Waals surface area contributed by atoms with Gasteiger partial charge < -0.3 is 0 Å². The monoisotopic (exact) mass is 686 g/mol. The van der Waals surface area contributed by atoms with Crippen molar-refractivity contribution in [2.24, 2.45) is 0 Å². The maximum Gasteiger partial charge on any atom is 0.160 e. The summed E-state index contributed by atoms with van der Waals surface area (Å²) in [5.74, 6) is 0.697. The van der Waals surface area contributed by atoms with Gasteiger partial charge in [-0.05, 0) is 71.8 Å². The first-order valence-electron chi connectivity index (χ1n) is 18.4. The third kappa shape index (κ3) is 5.53. The molecule has 252 valence electrons. The van der Waals surface area contributed by atoms with Gasteiger partial charge in [0.05, 0.1) is 11.4 Å². The molecule has 54 heavy (non-hydrogen) atoms. The van der Waals surface area contributed by atoms with E-state index in [1.807, 2.05) is 6.07 Å². The maximum atomic E-state index is 5.42. The molecule has 0 aliphatic rings. The van der Waals surface area contributed by atoms with E-state index in [1.165, 1.54) is 49.2 Å². The van der Waals surface area contributed by atoms with Crippen LogP contribution in [0.4, 0.5) is 0 Å². The lowest BCUT2D eigenvalue weighted by atomic mass is 9.85. The molecule has 1 aromatic heterocycles. The summed E-state index contributed by atoms with van der Waals surface area (Å²) < 4.78 is 0. The van der Waals surface area contributed by atoms with E-state index in [4.69, 9.17) is 9.97 Å². The van der Waals surface area contributed by atoms with E-state index in [1.54, 1.807) is 0 Å². The third-order valence-electron chi connectivity index (χ3n) is 10.5. The van der Waals surface area contributed by atoms with E-state index in [0.29, 0.717) is 5.82 Å². The van der Waals surface area contributed by atoms with Crippen LogP contribution in [0.5, 0.6) is 0 Å². The Kier molecular flexibility index (Phi) is 7.85. The average Bonchev–Trinajstić information content (AvgIpc) is 3.26. The van der Waals surface area contributed by atoms with Crippen molar-refractivity contribution in [1.29, 1.82) is 0 Å². The molecule has 0 fully saturated rings. The van der Waals surface area contributed by atoms with E-state index >= 15 is 0 Å². The maximum absolute atomic E-state index is 5.42. The van der Waals surface area contributed by atoms with Gasteiger partial charge in [0.1, 0.15) is 0 Å². The second kappa shape index (κ2) is 13.4. The standard InChI is InChI=1S/C52H34N2/c1-4-16-35(17-5-1)36-28-30-38(31-29-36)41-23-12-13-25-43(41)47-34-48(54-52(53-47)40-21-8-3-9-22-40)50-45-27-15-14-26-44(45)49(39-19-6-2-7-20-39)51-42-24-11-10-18-37(42)32-33-46(50)51/h1-34H. The number of benzene rings is 9. The van der Waals surface area contributed by atoms with E-state index < -0.39 is 0 Å². The molecule has 0 saturated heterocycles. The first-order chi connectivity index (χ1) is 26.8. The van der Waals surface area contributed by atoms with E-state index in [0.717, 1.165) is 44.6 Å². The van der Waals surface area contributed by atoms with Crippen LogP contribution < -0.4 is 0 Å². The van der Waals surface area contributed by atoms with Gasteiger partial charge in [0.2, 0.25) is 0 Å². The van der Waals surface area contributed by atoms with Crippen molar-refractivity contribution in [3.05, 3.63) is 206 Å². The van der Waals surface area contributed by atoms with Crippen LogP contribution >= 0.6 is 0 Å². The van der Waals surface area contributed by atoms with Gasteiger partial charge in [-0.15, -0.1) is 0 Å². The highest BCUT2D eigenvalue weighted by Crippen LogP contribution is 2.46. The quantitative estimate of drug-likeness (QED) is 0.129. The lowest BCUT2D eigenvalue weighted by molar-refractivity contribution is 1.19. The fourth-order valence-electron chi connectivity index (χ4n) is 7.99. The van der Waals surface area contributed by atoms with E-state index in [2.05, 4.69) is 200 Å². The largest absolute Gasteiger partial charge is 0.228 e. The fraction of sp³-hybridized carbons (Fsp3) is 0. The molecule has 0 aliphatic heterocycles. The van der Waals surface area contributed by atoms with Crippen LogP contribution in [0.3, 0.4) is 0 Å². The Bertz CT molecular complexity index is 2950. The van der Waals surface area contributed by atoms with Gasteiger partial charge in [-0.2, -0.15) is 0 Å². The molecule has 0 spiro atoms. The minimum atomic E-state index is 0.697. The van der Waals surface area contributed by atoms with Crippen molar-refractivity contribution in [2.75, 3.05) is 0 Å². The molecule has 0 radical (unpaired) electrons. The zero-order valence-electron chi connectivity index (χ0n) is 29.5. The zero-order valence-corrected chi connectivity index (χ0v) is 29.5. The summed E-state index contributed by atoms with van der Waals surface area (Å²) in [6.07, 6.45) is 0. The molecule has 2 heteroatoms. The summed E-state index contributed by atoms with van der Waals surface area (Å²) in [5, 5.41) is 7.19. The molecular weight excluding hydrogens is 653 g/mol. The predicted octanol–water partition coefficient (Wildman–Crippen LogP) is 13.9. The highest BCUT2D eigenvalue weighted by atomic mass is 14.9. The lowest BCUT2D eigenvalue weighted by Crippen LogP contribution is -1.99. The summed E-state index contributed by atoms with van der Waals surface area (Å²) in [4.78, 5) is 10.7. The normalized spacial score (nSPS) is 11.3. The number of hydrogen-bond acceptors (Lipinski definition) is 2. The van der Waals surface area contributed by atoms with Crippen molar-refractivity contribution in [3.63, 3.8) is 0 Å². The summed E-state index contributed by atoms with van der Waals surface area (Å²) in [6, 6.07) is 73.4. The second-order valence-electron chi connectivity index (χ2n) is 13.7. The summed E-state index contributed by atoms with van der Waals surface area (Å²) >= 11 is 0. The highest BCUT2D eigenvalue weighted by Gasteiger charge is 2.21. The molecule has 2 nitrogen and oxygen atoms in total. The first kappa shape index (κ1) is 31.6. The minimum Gasteiger partial charge on any atom is -0.228 e. The van der Waals surface area contributed by atoms with Crippen molar-refractivity contribution in [1.82, 2.24) is 9.97 Å². The van der Waals surface area contributed by atoms with Gasteiger partial charge in [0, 0.05) is 16.7 Å². The van der Waals surface area contributed by atoms with Crippen LogP contribution in [0.15, 0.2) is 206 Å². The predicted molar refractivity (Wildman–Crippen MR) is 227 cm³/mol. The molecule has 10 rings (SSSR count). The minimum absolute atomic E-state index is 0.697. The van der Waals surface area contributed by atoms with Crippen LogP contribution in [0, 0.1) is 0 Å². The molecular formula is C52H34N2. The van der Waals surface area contributed by atoms with Gasteiger partial charge in [0.25, 0.3) is 0 Å². The van der Waals surface area contributed by atoms with E-state index in [-0.39, 0.29) is 0 Å². The van der Waals surface area contributed by atoms with Crippen molar-refractivity contribution in [3.8, 4) is 67.3 Å². The van der Waals surface area contributed by atoms with Crippen molar-refractivity contribution < 1.29 is 0 Å². The van der Waals surface area contributed by atoms with Gasteiger partial charge >= 0.3 is 0 Å². The average molecular weight is 687 g/mol. The van der Waals surface area contributed by atoms with E-state index in [9.17, 15) is 0 Å². The summed E-state index contributed by atoms with van der Waals surface area (Å²) in [7, 11) is 0. The number of aromatic nitrogens is 2. The molecule has 0 bridgehead atoms. The molecule has 1 heterocycles. The molecule has 0 saturated carbocycles. The van der Waals surface area contributed by atoms with Gasteiger partial charge in [-0.3, -0.25) is 0 Å². The van der Waals surface area contributed by atoms with Gasteiger partial charge in [0.15, 0.2) is 5.82 Å². The van der Waals surface area contributed by atoms with Crippen LogP contribution in [0.25, 0.3) is 99.6 Å². The Labute approximate surface area is 314 Å². The van der Waals surface area contributed by atoms with Crippen LogP contribution in [0.1, 0.15) is 0 Å². The Morgan fingerprint density at radius 1 is 0.278 bits per heavy atom. The Morgan fingerprint density at radius 2 is 0.778 bits per heavy atom. The van der Waals surface area contributed by atoms with Crippen molar-refractivity contribution in [2.45, 2.75) is 0 Å². The number of fused-ring (bicyclic) bond motifs is 4. The topological polar surface area (TPSA) is 25.8 Å². The van der Waals surface area contributed by atoms with Crippen molar-refractivity contribution >= 4 is 32.3 Å². The second-order valence-corrected chi connectivity index (χ2v) is 13.7. The Hall–Kier alpha value is -7.16. The molecule has 0 aliphatic carbocycles. The summed E-state index contributed by atoms with van der Waals surface area (Å²) in [5.41, 5.74) is 12.0. The van der Waals surface area contributed by atoms with Gasteiger partial charge in [-0.25, -0.2) is 9.97 Å². The van der Waals surface area contributed by atoms with Gasteiger partial charge in [-0.1, -0.05) is 200 Å². The smallest absolute Gasteiger partial charge is 0.160 e. The SMILES string of the molecule is c1ccc(-c2ccc(-c3ccccc3-c3cc(-c4c5ccccc5c(-c5ccccc5)c5c4ccc4ccccc45)nc(-c4ccccc4)n3)cc2)cc1. The molecule has 0 unspecified atom stereocenters. The molecule has 0 N–H and O–H groups in total. The third-order valence-corrected chi connectivity index (χ3v) is 10.5. The molecule has 0 atom stereocenters. The first-order valence-corrected chi connectivity index (χ1v) is 18.4. The van der Waals surface area contributed by atoms with Crippen LogP contribution in [0.2, 0.25) is 0 Å². The Balaban J connectivity index is 1.26. The number of nitrogens with zero attached hydrogens (tertiary/aromatic N) is 2. The fourth-order valence-corrected chi connectivity index (χ4v) is 7.99. The Morgan fingerprint density at radius 3 is 1.48 bits per heavy atom. The number of hydrogen-bond donors (Lipinski definition) is 0. The highest BCUT2D eigenvalue weighted by molar-refractivity contribution is 6.27. The summed E-state index contributed by atoms with van der Waals surface area (Å²) in [6.45, 7) is 0. The zero-order chi connectivity index (χ0) is 35.8. The lowest BCUT2D eigenvalue weighted by Gasteiger charge is -2.20.